The van der Waals surface area contributed by atoms with Gasteiger partial charge in [0, 0.05) is 5.33 Å². The quantitative estimate of drug-likeness (QED) is 0.597. The lowest BCUT2D eigenvalue weighted by Crippen LogP contribution is -2.00. The van der Waals surface area contributed by atoms with Crippen molar-refractivity contribution in [1.29, 1.82) is 0 Å². The molecule has 0 aliphatic rings. The molecule has 1 heterocycles. The molecule has 1 aromatic heterocycles. The smallest absolute Gasteiger partial charge is 0.217 e. The standard InChI is InChI=1S/C7H4Br2F3N/c8-2-3-1-4(9)7(12)13-5(3)6(10)11/h1,6H,2H2. The Morgan fingerprint density at radius 2 is 2.08 bits per heavy atom. The average molecular weight is 319 g/mol. The van der Waals surface area contributed by atoms with Gasteiger partial charge in [0.15, 0.2) is 0 Å². The first kappa shape index (κ1) is 11.0. The van der Waals surface area contributed by atoms with Crippen molar-refractivity contribution in [3.63, 3.8) is 0 Å². The van der Waals surface area contributed by atoms with E-state index in [9.17, 15) is 13.2 Å². The van der Waals surface area contributed by atoms with Gasteiger partial charge >= 0.3 is 0 Å². The number of halogens is 5. The lowest BCUT2D eigenvalue weighted by molar-refractivity contribution is 0.143. The molecule has 6 heteroatoms. The Labute approximate surface area is 89.6 Å². The van der Waals surface area contributed by atoms with Crippen molar-refractivity contribution in [1.82, 2.24) is 4.98 Å². The van der Waals surface area contributed by atoms with Gasteiger partial charge in [0.1, 0.15) is 5.69 Å². The van der Waals surface area contributed by atoms with E-state index in [1.807, 2.05) is 0 Å². The summed E-state index contributed by atoms with van der Waals surface area (Å²) in [4.78, 5) is 3.15. The molecule has 1 nitrogen and oxygen atoms in total. The van der Waals surface area contributed by atoms with Crippen LogP contribution in [0, 0.1) is 5.95 Å². The number of hydrogen-bond acceptors (Lipinski definition) is 1. The van der Waals surface area contributed by atoms with Crippen molar-refractivity contribution in [3.05, 3.63) is 27.7 Å². The van der Waals surface area contributed by atoms with E-state index in [0.29, 0.717) is 0 Å². The van der Waals surface area contributed by atoms with E-state index >= 15 is 0 Å². The van der Waals surface area contributed by atoms with Crippen molar-refractivity contribution < 1.29 is 13.2 Å². The van der Waals surface area contributed by atoms with E-state index in [1.165, 1.54) is 6.07 Å². The first-order valence-electron chi connectivity index (χ1n) is 3.25. The molecule has 0 saturated heterocycles. The van der Waals surface area contributed by atoms with Gasteiger partial charge in [-0.2, -0.15) is 4.39 Å². The van der Waals surface area contributed by atoms with Crippen LogP contribution in [0.1, 0.15) is 17.7 Å². The summed E-state index contributed by atoms with van der Waals surface area (Å²) in [5.74, 6) is -0.917. The average Bonchev–Trinajstić information content (AvgIpc) is 2.08. The van der Waals surface area contributed by atoms with Crippen molar-refractivity contribution in [2.75, 3.05) is 0 Å². The second kappa shape index (κ2) is 4.41. The zero-order chi connectivity index (χ0) is 10.0. The van der Waals surface area contributed by atoms with Gasteiger partial charge in [-0.1, -0.05) is 15.9 Å². The van der Waals surface area contributed by atoms with Crippen molar-refractivity contribution in [3.8, 4) is 0 Å². The Hall–Kier alpha value is -0.100. The highest BCUT2D eigenvalue weighted by atomic mass is 79.9. The summed E-state index contributed by atoms with van der Waals surface area (Å²) in [6.45, 7) is 0. The molecule has 0 aromatic carbocycles. The van der Waals surface area contributed by atoms with Crippen LogP contribution >= 0.6 is 31.9 Å². The molecule has 0 amide bonds. The van der Waals surface area contributed by atoms with Crippen molar-refractivity contribution >= 4 is 31.9 Å². The van der Waals surface area contributed by atoms with Gasteiger partial charge < -0.3 is 0 Å². The summed E-state index contributed by atoms with van der Waals surface area (Å²) in [6, 6.07) is 1.29. The van der Waals surface area contributed by atoms with Gasteiger partial charge in [-0.3, -0.25) is 0 Å². The predicted octanol–water partition coefficient (Wildman–Crippen LogP) is 3.82. The first-order chi connectivity index (χ1) is 6.06. The summed E-state index contributed by atoms with van der Waals surface area (Å²) >= 11 is 5.89. The van der Waals surface area contributed by atoms with Gasteiger partial charge in [0.2, 0.25) is 5.95 Å². The highest BCUT2D eigenvalue weighted by Gasteiger charge is 2.17. The molecule has 0 aliphatic carbocycles. The molecule has 0 bridgehead atoms. The SMILES string of the molecule is Fc1nc(C(F)F)c(CBr)cc1Br. The fraction of sp³-hybridized carbons (Fsp3) is 0.286. The van der Waals surface area contributed by atoms with Crippen LogP contribution in [0.25, 0.3) is 0 Å². The highest BCUT2D eigenvalue weighted by molar-refractivity contribution is 9.10. The van der Waals surface area contributed by atoms with Crippen LogP contribution in [-0.2, 0) is 5.33 Å². The molecule has 0 spiro atoms. The molecular formula is C7H4Br2F3N. The highest BCUT2D eigenvalue weighted by Crippen LogP contribution is 2.26. The summed E-state index contributed by atoms with van der Waals surface area (Å²) < 4.78 is 37.4. The molecule has 0 N–H and O–H groups in total. The second-order valence-electron chi connectivity index (χ2n) is 2.24. The maximum atomic E-state index is 12.7. The first-order valence-corrected chi connectivity index (χ1v) is 5.16. The van der Waals surface area contributed by atoms with Crippen LogP contribution in [0.5, 0.6) is 0 Å². The van der Waals surface area contributed by atoms with Gasteiger partial charge in [0.05, 0.1) is 4.47 Å². The monoisotopic (exact) mass is 317 g/mol. The normalized spacial score (nSPS) is 10.9. The van der Waals surface area contributed by atoms with Crippen molar-refractivity contribution in [2.45, 2.75) is 11.8 Å². The van der Waals surface area contributed by atoms with Crippen LogP contribution in [0.2, 0.25) is 0 Å². The third kappa shape index (κ3) is 2.43. The third-order valence-electron chi connectivity index (χ3n) is 1.40. The van der Waals surface area contributed by atoms with E-state index in [2.05, 4.69) is 36.8 Å². The Morgan fingerprint density at radius 3 is 2.54 bits per heavy atom. The molecule has 0 unspecified atom stereocenters. The predicted molar refractivity (Wildman–Crippen MR) is 49.5 cm³/mol. The Morgan fingerprint density at radius 1 is 1.46 bits per heavy atom. The van der Waals surface area contributed by atoms with Crippen LogP contribution in [-0.4, -0.2) is 4.98 Å². The maximum Gasteiger partial charge on any atom is 0.280 e. The lowest BCUT2D eigenvalue weighted by Gasteiger charge is -2.05. The number of rotatable bonds is 2. The minimum atomic E-state index is -2.75. The topological polar surface area (TPSA) is 12.9 Å². The molecule has 72 valence electrons. The Bertz CT molecular complexity index is 317. The van der Waals surface area contributed by atoms with Gasteiger partial charge in [-0.15, -0.1) is 0 Å². The molecule has 0 saturated carbocycles. The second-order valence-corrected chi connectivity index (χ2v) is 3.65. The fourth-order valence-electron chi connectivity index (χ4n) is 0.813. The van der Waals surface area contributed by atoms with Crippen LogP contribution < -0.4 is 0 Å². The fourth-order valence-corrected chi connectivity index (χ4v) is 1.63. The van der Waals surface area contributed by atoms with Crippen LogP contribution in [0.4, 0.5) is 13.2 Å². The molecule has 0 aliphatic heterocycles. The summed E-state index contributed by atoms with van der Waals surface area (Å²) in [5.41, 5.74) is -0.235. The van der Waals surface area contributed by atoms with E-state index in [4.69, 9.17) is 0 Å². The van der Waals surface area contributed by atoms with Gasteiger partial charge in [0.25, 0.3) is 6.43 Å². The van der Waals surface area contributed by atoms with E-state index in [-0.39, 0.29) is 15.4 Å². The third-order valence-corrected chi connectivity index (χ3v) is 2.56. The van der Waals surface area contributed by atoms with E-state index in [0.717, 1.165) is 0 Å². The minimum absolute atomic E-state index is 0.0892. The largest absolute Gasteiger partial charge is 0.280 e. The summed E-state index contributed by atoms with van der Waals surface area (Å²) in [5, 5.41) is 0.221. The van der Waals surface area contributed by atoms with Gasteiger partial charge in [-0.05, 0) is 27.6 Å². The van der Waals surface area contributed by atoms with Crippen LogP contribution in [0.15, 0.2) is 10.5 Å². The molecule has 1 rings (SSSR count). The molecule has 0 radical (unpaired) electrons. The zero-order valence-electron chi connectivity index (χ0n) is 6.20. The number of pyridine rings is 1. The van der Waals surface area contributed by atoms with Crippen molar-refractivity contribution in [2.24, 2.45) is 0 Å². The zero-order valence-corrected chi connectivity index (χ0v) is 9.37. The molecule has 0 fully saturated rings. The van der Waals surface area contributed by atoms with Crippen LogP contribution in [0.3, 0.4) is 0 Å². The lowest BCUT2D eigenvalue weighted by atomic mass is 10.2. The number of hydrogen-bond donors (Lipinski definition) is 0. The summed E-state index contributed by atoms with van der Waals surface area (Å²) in [6.07, 6.45) is -2.75. The van der Waals surface area contributed by atoms with E-state index in [1.54, 1.807) is 0 Å². The van der Waals surface area contributed by atoms with E-state index < -0.39 is 18.1 Å². The molecule has 0 atom stereocenters. The molecule has 13 heavy (non-hydrogen) atoms. The van der Waals surface area contributed by atoms with Gasteiger partial charge in [-0.25, -0.2) is 13.8 Å². The number of alkyl halides is 3. The Balaban J connectivity index is 3.25. The Kier molecular flexibility index (Phi) is 3.73. The number of aromatic nitrogens is 1. The maximum absolute atomic E-state index is 12.7. The summed E-state index contributed by atoms with van der Waals surface area (Å²) in [7, 11) is 0. The molecule has 1 aromatic rings. The number of nitrogens with zero attached hydrogens (tertiary/aromatic N) is 1. The minimum Gasteiger partial charge on any atom is -0.217 e. The molecular weight excluding hydrogens is 315 g/mol.